The monoisotopic (exact) mass is 1360 g/mol. The molecule has 496 valence electrons. The van der Waals surface area contributed by atoms with Crippen molar-refractivity contribution in [3.05, 3.63) is 228 Å². The molecule has 0 aromatic heterocycles. The number of hydrogen-bond donors (Lipinski definition) is 5. The number of hydrogen-bond acceptors (Lipinski definition) is 14. The highest BCUT2D eigenvalue weighted by Crippen LogP contribution is 2.39. The molecule has 93 heavy (non-hydrogen) atoms. The van der Waals surface area contributed by atoms with Gasteiger partial charge in [-0.2, -0.15) is 21.6 Å². The van der Waals surface area contributed by atoms with Crippen LogP contribution < -0.4 is 25.6 Å². The highest BCUT2D eigenvalue weighted by atomic mass is 32.2. The van der Waals surface area contributed by atoms with Crippen molar-refractivity contribution >= 4 is 62.5 Å². The van der Waals surface area contributed by atoms with E-state index in [-0.39, 0.29) is 56.0 Å². The van der Waals surface area contributed by atoms with Crippen LogP contribution in [0.4, 0.5) is 13.2 Å². The van der Waals surface area contributed by atoms with Gasteiger partial charge < -0.3 is 43.8 Å². The zero-order chi connectivity index (χ0) is 69.3. The minimum Gasteiger partial charge on any atom is -0.423 e. The van der Waals surface area contributed by atoms with E-state index < -0.39 is 56.6 Å². The minimum atomic E-state index is -5.74. The van der Waals surface area contributed by atoms with Crippen LogP contribution in [0.15, 0.2) is 194 Å². The van der Waals surface area contributed by atoms with Crippen molar-refractivity contribution in [1.82, 2.24) is 16.0 Å². The third-order valence-electron chi connectivity index (χ3n) is 12.0. The summed E-state index contributed by atoms with van der Waals surface area (Å²) >= 11 is 0. The van der Waals surface area contributed by atoms with Crippen LogP contribution in [0.2, 0.25) is 0 Å². The molecule has 17 nitrogen and oxygen atoms in total. The van der Waals surface area contributed by atoms with Crippen LogP contribution in [0.5, 0.6) is 5.75 Å². The van der Waals surface area contributed by atoms with Crippen molar-refractivity contribution in [3.8, 4) is 41.1 Å². The SMILES string of the molecule is C#Cc1ccccc1.CC(=O)N[C@@H](COP(C)(C)=O)Cc1ccc(-c2ccccc2)cc1.CC(=O)N[C@@H](COP(C)(C)=O)Cc1ccc(C#Cc2ccccc2)cc1.CC(=O)N[C@@H](COP(C)(C)=O)Cc1ccc(OS(=O)(=O)C(F)(F)F)cc1.OB(O)c1ccccc1. The summed E-state index contributed by atoms with van der Waals surface area (Å²) in [7, 11) is -15.0. The lowest BCUT2D eigenvalue weighted by Crippen LogP contribution is -2.38. The smallest absolute Gasteiger partial charge is 0.423 e. The van der Waals surface area contributed by atoms with E-state index in [9.17, 15) is 49.7 Å². The van der Waals surface area contributed by atoms with E-state index in [1.165, 1.54) is 51.8 Å². The molecule has 3 amide bonds. The average molecular weight is 1360 g/mol. The molecular weight excluding hydrogens is 1280 g/mol. The highest BCUT2D eigenvalue weighted by molar-refractivity contribution is 7.88. The van der Waals surface area contributed by atoms with Crippen LogP contribution in [-0.4, -0.2) is 127 Å². The molecule has 0 aliphatic carbocycles. The number of carbonyl (C=O) groups excluding carboxylic acids is 3. The Morgan fingerprint density at radius 3 is 1.09 bits per heavy atom. The number of alkyl halides is 3. The fourth-order valence-electron chi connectivity index (χ4n) is 7.85. The molecule has 0 spiro atoms. The van der Waals surface area contributed by atoms with Crippen molar-refractivity contribution < 1.29 is 77.5 Å². The summed E-state index contributed by atoms with van der Waals surface area (Å²) in [5.41, 5.74) is 2.89. The fourth-order valence-corrected chi connectivity index (χ4v) is 9.92. The highest BCUT2D eigenvalue weighted by Gasteiger charge is 2.48. The first kappa shape index (κ1) is 79.4. The Labute approximate surface area is 545 Å². The number of rotatable bonds is 22. The number of terminal acetylenes is 1. The van der Waals surface area contributed by atoms with E-state index in [0.717, 1.165) is 45.5 Å². The van der Waals surface area contributed by atoms with Crippen LogP contribution >= 0.6 is 22.1 Å². The minimum absolute atomic E-state index is 0.0233. The van der Waals surface area contributed by atoms with Gasteiger partial charge in [-0.05, 0) is 101 Å². The molecular formula is C68H80BF3N3O14P3S. The molecule has 0 saturated carbocycles. The quantitative estimate of drug-likeness (QED) is 0.0139. The van der Waals surface area contributed by atoms with Crippen molar-refractivity contribution in [2.75, 3.05) is 59.8 Å². The maximum Gasteiger partial charge on any atom is 0.534 e. The van der Waals surface area contributed by atoms with Crippen LogP contribution in [0.1, 0.15) is 54.2 Å². The Hall–Kier alpha value is -7.84. The molecule has 3 atom stereocenters. The van der Waals surface area contributed by atoms with Gasteiger partial charge in [0.05, 0.1) is 37.9 Å². The topological polar surface area (TPSA) is 250 Å². The van der Waals surface area contributed by atoms with Crippen LogP contribution in [-0.2, 0) is 71.0 Å². The van der Waals surface area contributed by atoms with Gasteiger partial charge in [0, 0.05) is 77.5 Å². The largest absolute Gasteiger partial charge is 0.534 e. The van der Waals surface area contributed by atoms with Crippen LogP contribution in [0.3, 0.4) is 0 Å². The molecule has 7 aromatic carbocycles. The maximum atomic E-state index is 12.3. The first-order valence-corrected chi connectivity index (χ1v) is 37.8. The fraction of sp³-hybridized carbons (Fsp3) is 0.279. The van der Waals surface area contributed by atoms with Crippen molar-refractivity contribution in [3.63, 3.8) is 0 Å². The summed E-state index contributed by atoms with van der Waals surface area (Å²) in [4.78, 5) is 34.0. The van der Waals surface area contributed by atoms with E-state index in [4.69, 9.17) is 30.0 Å². The molecule has 25 heteroatoms. The summed E-state index contributed by atoms with van der Waals surface area (Å²) < 4.78 is 114. The Balaban J connectivity index is 0.000000322. The van der Waals surface area contributed by atoms with E-state index in [0.29, 0.717) is 23.9 Å². The molecule has 5 N–H and O–H groups in total. The predicted molar refractivity (Wildman–Crippen MR) is 364 cm³/mol. The number of benzene rings is 7. The lowest BCUT2D eigenvalue weighted by atomic mass is 9.81. The van der Waals surface area contributed by atoms with Crippen molar-refractivity contribution in [2.24, 2.45) is 0 Å². The Kier molecular flexibility index (Phi) is 33.9. The molecule has 0 heterocycles. The van der Waals surface area contributed by atoms with Gasteiger partial charge in [0.1, 0.15) is 5.75 Å². The molecule has 0 aliphatic rings. The summed E-state index contributed by atoms with van der Waals surface area (Å²) in [6.07, 6.45) is 6.56. The molecule has 0 saturated heterocycles. The summed E-state index contributed by atoms with van der Waals surface area (Å²) in [6, 6.07) is 58.3. The molecule has 0 radical (unpaired) electrons. The van der Waals surface area contributed by atoms with E-state index in [1.54, 1.807) is 50.9 Å². The number of carbonyl (C=O) groups is 3. The van der Waals surface area contributed by atoms with E-state index >= 15 is 0 Å². The normalized spacial score (nSPS) is 12.1. The second-order valence-electron chi connectivity index (χ2n) is 21.7. The van der Waals surface area contributed by atoms with Gasteiger partial charge in [0.15, 0.2) is 22.1 Å². The molecule has 7 rings (SSSR count). The molecule has 0 aliphatic heterocycles. The van der Waals surface area contributed by atoms with Gasteiger partial charge in [-0.1, -0.05) is 163 Å². The van der Waals surface area contributed by atoms with Gasteiger partial charge in [-0.3, -0.25) is 28.1 Å². The van der Waals surface area contributed by atoms with Gasteiger partial charge >= 0.3 is 22.7 Å². The third kappa shape index (κ3) is 36.3. The third-order valence-corrected chi connectivity index (χ3v) is 15.3. The van der Waals surface area contributed by atoms with Gasteiger partial charge in [0.25, 0.3) is 0 Å². The van der Waals surface area contributed by atoms with Crippen LogP contribution in [0, 0.1) is 24.2 Å². The first-order chi connectivity index (χ1) is 43.6. The Morgan fingerprint density at radius 2 is 0.785 bits per heavy atom. The van der Waals surface area contributed by atoms with Crippen molar-refractivity contribution in [1.29, 1.82) is 0 Å². The Morgan fingerprint density at radius 1 is 0.484 bits per heavy atom. The van der Waals surface area contributed by atoms with Crippen molar-refractivity contribution in [2.45, 2.75) is 63.7 Å². The van der Waals surface area contributed by atoms with E-state index in [1.807, 2.05) is 109 Å². The molecule has 0 unspecified atom stereocenters. The zero-order valence-electron chi connectivity index (χ0n) is 53.3. The Bertz CT molecular complexity index is 3770. The number of nitrogens with one attached hydrogen (secondary N) is 3. The van der Waals surface area contributed by atoms with Gasteiger partial charge in [-0.25, -0.2) is 0 Å². The first-order valence-electron chi connectivity index (χ1n) is 28.8. The lowest BCUT2D eigenvalue weighted by Gasteiger charge is -2.19. The number of amides is 3. The second kappa shape index (κ2) is 39.7. The van der Waals surface area contributed by atoms with Crippen LogP contribution in [0.25, 0.3) is 11.1 Å². The standard InChI is InChI=1S/C21H24NO3P.C19H24NO3P.C14H19F3NO6PS.C8H6.C6H7BO2/c1-17(23)22-21(16-25-26(2,3)24)15-20-13-11-19(12-14-20)10-9-18-7-5-4-6-8-18;1-15(21)20-19(14-23-24(2,3)22)13-16-9-11-18(12-10-16)17-7-5-4-6-8-17;1-10(19)18-12(9-23-25(2,3)20)8-11-4-6-13(7-5-11)24-26(21,22)14(15,16)17;1-2-8-6-4-3-5-7-8;8-7(9)6-4-2-1-3-5-6/h4-8,11-14,21H,15-16H2,1-3H3,(H,22,23);4-12,19H,13-14H2,1-3H3,(H,20,21);4-7,12H,8-9H2,1-3H3,(H,18,19);1,3-7H;1-5,8-9H/t21-;19-;12-;;/m111../s1. The predicted octanol–water partition coefficient (Wildman–Crippen LogP) is 11.2. The number of halogens is 3. The summed E-state index contributed by atoms with van der Waals surface area (Å²) in [5, 5.41) is 25.5. The molecule has 0 fully saturated rings. The average Bonchev–Trinajstić information content (AvgIpc) is 0.916. The summed E-state index contributed by atoms with van der Waals surface area (Å²) in [6.45, 7) is 13.8. The lowest BCUT2D eigenvalue weighted by molar-refractivity contribution is -0.120. The maximum absolute atomic E-state index is 12.3. The molecule has 0 bridgehead atoms. The second-order valence-corrected chi connectivity index (χ2v) is 31.6. The molecule has 7 aromatic rings. The summed E-state index contributed by atoms with van der Waals surface area (Å²) in [5.74, 6) is 7.71. The zero-order valence-corrected chi connectivity index (χ0v) is 56.8. The van der Waals surface area contributed by atoms with Gasteiger partial charge in [0.2, 0.25) is 17.7 Å². The van der Waals surface area contributed by atoms with E-state index in [2.05, 4.69) is 74.3 Å². The van der Waals surface area contributed by atoms with Gasteiger partial charge in [-0.15, -0.1) is 6.42 Å².